The fourth-order valence-corrected chi connectivity index (χ4v) is 2.25. The van der Waals surface area contributed by atoms with Crippen LogP contribution in [0, 0.1) is 6.92 Å². The van der Waals surface area contributed by atoms with Crippen molar-refractivity contribution in [2.45, 2.75) is 13.5 Å². The van der Waals surface area contributed by atoms with Crippen molar-refractivity contribution in [2.24, 2.45) is 0 Å². The van der Waals surface area contributed by atoms with Gasteiger partial charge in [0, 0.05) is 6.54 Å². The fourth-order valence-electron chi connectivity index (χ4n) is 2.09. The van der Waals surface area contributed by atoms with Crippen LogP contribution in [0.2, 0.25) is 5.02 Å². The Morgan fingerprint density at radius 3 is 2.50 bits per heavy atom. The Kier molecular flexibility index (Phi) is 6.35. The van der Waals surface area contributed by atoms with E-state index in [1.54, 1.807) is 12.1 Å². The van der Waals surface area contributed by atoms with E-state index >= 15 is 0 Å². The van der Waals surface area contributed by atoms with Crippen LogP contribution in [0.25, 0.3) is 0 Å². The standard InChI is InChI=1S/C18H19ClN2O3/c1-12-3-5-13(6-4-12)10-20-11-17(22)21-16-9-14(18(23)24-2)7-8-15(16)19/h3-9,20H,10-11H2,1-2H3,(H,21,22). The van der Waals surface area contributed by atoms with Crippen molar-refractivity contribution in [3.8, 4) is 0 Å². The molecule has 24 heavy (non-hydrogen) atoms. The molecule has 2 aromatic rings. The summed E-state index contributed by atoms with van der Waals surface area (Å²) in [5.41, 5.74) is 2.99. The Morgan fingerprint density at radius 2 is 1.83 bits per heavy atom. The number of halogens is 1. The Hall–Kier alpha value is -2.37. The number of hydrogen-bond donors (Lipinski definition) is 2. The maximum Gasteiger partial charge on any atom is 0.337 e. The van der Waals surface area contributed by atoms with Crippen LogP contribution in [0.4, 0.5) is 5.69 Å². The average Bonchev–Trinajstić information content (AvgIpc) is 2.58. The normalized spacial score (nSPS) is 10.3. The molecule has 0 atom stereocenters. The van der Waals surface area contributed by atoms with Gasteiger partial charge in [-0.3, -0.25) is 4.79 Å². The molecule has 0 aliphatic carbocycles. The molecule has 0 spiro atoms. The van der Waals surface area contributed by atoms with Crippen LogP contribution < -0.4 is 10.6 Å². The Bertz CT molecular complexity index is 730. The van der Waals surface area contributed by atoms with Gasteiger partial charge in [-0.2, -0.15) is 0 Å². The second kappa shape index (κ2) is 8.47. The molecule has 2 N–H and O–H groups in total. The molecule has 0 heterocycles. The zero-order valence-corrected chi connectivity index (χ0v) is 14.3. The van der Waals surface area contributed by atoms with E-state index in [0.717, 1.165) is 5.56 Å². The minimum Gasteiger partial charge on any atom is -0.465 e. The second-order valence-corrected chi connectivity index (χ2v) is 5.73. The number of aryl methyl sites for hydroxylation is 1. The molecule has 2 aromatic carbocycles. The van der Waals surface area contributed by atoms with Gasteiger partial charge < -0.3 is 15.4 Å². The molecule has 0 unspecified atom stereocenters. The van der Waals surface area contributed by atoms with Crippen molar-refractivity contribution in [3.63, 3.8) is 0 Å². The number of methoxy groups -OCH3 is 1. The Labute approximate surface area is 146 Å². The molecule has 1 amide bonds. The number of benzene rings is 2. The first-order chi connectivity index (χ1) is 11.5. The fraction of sp³-hybridized carbons (Fsp3) is 0.222. The molecule has 6 heteroatoms. The van der Waals surface area contributed by atoms with Gasteiger partial charge in [-0.15, -0.1) is 0 Å². The lowest BCUT2D eigenvalue weighted by molar-refractivity contribution is -0.115. The molecule has 5 nitrogen and oxygen atoms in total. The summed E-state index contributed by atoms with van der Waals surface area (Å²) in [6, 6.07) is 12.6. The number of carbonyl (C=O) groups is 2. The molecular formula is C18H19ClN2O3. The minimum atomic E-state index is -0.486. The van der Waals surface area contributed by atoms with E-state index in [9.17, 15) is 9.59 Å². The van der Waals surface area contributed by atoms with E-state index in [2.05, 4.69) is 15.4 Å². The number of hydrogen-bond acceptors (Lipinski definition) is 4. The Morgan fingerprint density at radius 1 is 1.12 bits per heavy atom. The van der Waals surface area contributed by atoms with E-state index in [0.29, 0.717) is 22.8 Å². The maximum absolute atomic E-state index is 12.0. The van der Waals surface area contributed by atoms with Gasteiger partial charge in [-0.1, -0.05) is 41.4 Å². The predicted octanol–water partition coefficient (Wildman–Crippen LogP) is 3.16. The quantitative estimate of drug-likeness (QED) is 0.788. The van der Waals surface area contributed by atoms with E-state index in [-0.39, 0.29) is 12.5 Å². The second-order valence-electron chi connectivity index (χ2n) is 5.32. The van der Waals surface area contributed by atoms with Gasteiger partial charge in [-0.05, 0) is 30.7 Å². The molecule has 0 aliphatic heterocycles. The molecule has 126 valence electrons. The van der Waals surface area contributed by atoms with Crippen molar-refractivity contribution >= 4 is 29.2 Å². The number of amides is 1. The number of carbonyl (C=O) groups excluding carboxylic acids is 2. The summed E-state index contributed by atoms with van der Waals surface area (Å²) in [5.74, 6) is -0.731. The zero-order valence-electron chi connectivity index (χ0n) is 13.6. The van der Waals surface area contributed by atoms with Crippen LogP contribution in [-0.4, -0.2) is 25.5 Å². The van der Waals surface area contributed by atoms with Gasteiger partial charge in [0.05, 0.1) is 29.9 Å². The van der Waals surface area contributed by atoms with E-state index in [1.165, 1.54) is 18.7 Å². The lowest BCUT2D eigenvalue weighted by atomic mass is 10.1. The maximum atomic E-state index is 12.0. The lowest BCUT2D eigenvalue weighted by Crippen LogP contribution is -2.27. The highest BCUT2D eigenvalue weighted by Crippen LogP contribution is 2.23. The van der Waals surface area contributed by atoms with E-state index in [1.807, 2.05) is 31.2 Å². The van der Waals surface area contributed by atoms with Crippen LogP contribution in [0.15, 0.2) is 42.5 Å². The van der Waals surface area contributed by atoms with Crippen molar-refractivity contribution < 1.29 is 14.3 Å². The summed E-state index contributed by atoms with van der Waals surface area (Å²) in [6.07, 6.45) is 0. The molecular weight excluding hydrogens is 328 g/mol. The molecule has 0 fully saturated rings. The SMILES string of the molecule is COC(=O)c1ccc(Cl)c(NC(=O)CNCc2ccc(C)cc2)c1. The number of esters is 1. The molecule has 0 aromatic heterocycles. The van der Waals surface area contributed by atoms with Gasteiger partial charge in [0.25, 0.3) is 0 Å². The average molecular weight is 347 g/mol. The number of anilines is 1. The van der Waals surface area contributed by atoms with Gasteiger partial charge in [-0.25, -0.2) is 4.79 Å². The monoisotopic (exact) mass is 346 g/mol. The lowest BCUT2D eigenvalue weighted by Gasteiger charge is -2.10. The first kappa shape index (κ1) is 18.0. The highest BCUT2D eigenvalue weighted by atomic mass is 35.5. The Balaban J connectivity index is 1.90. The summed E-state index contributed by atoms with van der Waals surface area (Å²) in [7, 11) is 1.30. The summed E-state index contributed by atoms with van der Waals surface area (Å²) in [4.78, 5) is 23.5. The first-order valence-corrected chi connectivity index (χ1v) is 7.81. The third-order valence-corrected chi connectivity index (χ3v) is 3.73. The van der Waals surface area contributed by atoms with E-state index < -0.39 is 5.97 Å². The topological polar surface area (TPSA) is 67.4 Å². The van der Waals surface area contributed by atoms with Gasteiger partial charge >= 0.3 is 5.97 Å². The minimum absolute atomic E-state index is 0.132. The van der Waals surface area contributed by atoms with Crippen molar-refractivity contribution in [1.29, 1.82) is 0 Å². The summed E-state index contributed by atoms with van der Waals surface area (Å²) < 4.78 is 4.65. The van der Waals surface area contributed by atoms with Crippen LogP contribution in [0.1, 0.15) is 21.5 Å². The number of nitrogens with one attached hydrogen (secondary N) is 2. The molecule has 0 aliphatic rings. The smallest absolute Gasteiger partial charge is 0.337 e. The number of ether oxygens (including phenoxy) is 1. The molecule has 2 rings (SSSR count). The molecule has 0 saturated carbocycles. The molecule has 0 radical (unpaired) electrons. The third kappa shape index (κ3) is 5.08. The summed E-state index contributed by atoms with van der Waals surface area (Å²) >= 11 is 6.05. The van der Waals surface area contributed by atoms with Crippen LogP contribution in [-0.2, 0) is 16.1 Å². The van der Waals surface area contributed by atoms with Crippen LogP contribution in [0.5, 0.6) is 0 Å². The largest absolute Gasteiger partial charge is 0.465 e. The highest BCUT2D eigenvalue weighted by Gasteiger charge is 2.11. The van der Waals surface area contributed by atoms with E-state index in [4.69, 9.17) is 11.6 Å². The van der Waals surface area contributed by atoms with Crippen LogP contribution in [0.3, 0.4) is 0 Å². The van der Waals surface area contributed by atoms with Gasteiger partial charge in [0.2, 0.25) is 5.91 Å². The van der Waals surface area contributed by atoms with Gasteiger partial charge in [0.15, 0.2) is 0 Å². The van der Waals surface area contributed by atoms with Crippen molar-refractivity contribution in [2.75, 3.05) is 19.0 Å². The number of rotatable bonds is 6. The summed E-state index contributed by atoms with van der Waals surface area (Å²) in [6.45, 7) is 2.74. The summed E-state index contributed by atoms with van der Waals surface area (Å²) in [5, 5.41) is 6.10. The predicted molar refractivity (Wildman–Crippen MR) is 94.3 cm³/mol. The molecule has 0 saturated heterocycles. The van der Waals surface area contributed by atoms with Crippen LogP contribution >= 0.6 is 11.6 Å². The van der Waals surface area contributed by atoms with Crippen molar-refractivity contribution in [1.82, 2.24) is 5.32 Å². The zero-order chi connectivity index (χ0) is 17.5. The highest BCUT2D eigenvalue weighted by molar-refractivity contribution is 6.33. The third-order valence-electron chi connectivity index (χ3n) is 3.40. The first-order valence-electron chi connectivity index (χ1n) is 7.43. The molecule has 0 bridgehead atoms. The van der Waals surface area contributed by atoms with Crippen molar-refractivity contribution in [3.05, 3.63) is 64.2 Å². The van der Waals surface area contributed by atoms with Gasteiger partial charge in [0.1, 0.15) is 0 Å².